The summed E-state index contributed by atoms with van der Waals surface area (Å²) in [6.45, 7) is 5.66. The second-order valence-electron chi connectivity index (χ2n) is 5.64. The molecule has 2 unspecified atom stereocenters. The van der Waals surface area contributed by atoms with Gasteiger partial charge < -0.3 is 10.5 Å². The zero-order valence-corrected chi connectivity index (χ0v) is 12.0. The van der Waals surface area contributed by atoms with Crippen LogP contribution < -0.4 is 5.73 Å². The van der Waals surface area contributed by atoms with Crippen molar-refractivity contribution in [2.75, 3.05) is 19.7 Å². The summed E-state index contributed by atoms with van der Waals surface area (Å²) in [4.78, 5) is 2.44. The molecular formula is C17H22N2O. The van der Waals surface area contributed by atoms with E-state index in [1.54, 1.807) is 0 Å². The van der Waals surface area contributed by atoms with Gasteiger partial charge in [-0.25, -0.2) is 0 Å². The molecule has 1 aliphatic heterocycles. The number of ether oxygens (including phenoxy) is 1. The summed E-state index contributed by atoms with van der Waals surface area (Å²) in [6, 6.07) is 15.2. The van der Waals surface area contributed by atoms with Crippen LogP contribution in [0.5, 0.6) is 0 Å². The Balaban J connectivity index is 1.79. The largest absolute Gasteiger partial charge is 0.374 e. The fourth-order valence-electron chi connectivity index (χ4n) is 2.86. The fourth-order valence-corrected chi connectivity index (χ4v) is 2.86. The van der Waals surface area contributed by atoms with Crippen LogP contribution in [0.3, 0.4) is 0 Å². The third kappa shape index (κ3) is 2.85. The van der Waals surface area contributed by atoms with Gasteiger partial charge in [0.05, 0.1) is 12.7 Å². The molecule has 1 aliphatic rings. The molecule has 2 aromatic rings. The number of hydrogen-bond acceptors (Lipinski definition) is 3. The van der Waals surface area contributed by atoms with Crippen molar-refractivity contribution in [2.24, 2.45) is 5.73 Å². The Morgan fingerprint density at radius 3 is 2.90 bits per heavy atom. The molecule has 2 atom stereocenters. The van der Waals surface area contributed by atoms with E-state index in [1.807, 2.05) is 6.92 Å². The number of benzene rings is 2. The molecule has 106 valence electrons. The Morgan fingerprint density at radius 2 is 2.05 bits per heavy atom. The summed E-state index contributed by atoms with van der Waals surface area (Å²) in [5.74, 6) is 0. The maximum atomic E-state index is 5.96. The van der Waals surface area contributed by atoms with Crippen LogP contribution in [-0.2, 0) is 11.3 Å². The minimum Gasteiger partial charge on any atom is -0.374 e. The van der Waals surface area contributed by atoms with Crippen molar-refractivity contribution < 1.29 is 4.74 Å². The first-order chi connectivity index (χ1) is 9.74. The van der Waals surface area contributed by atoms with Gasteiger partial charge in [0, 0.05) is 25.7 Å². The summed E-state index contributed by atoms with van der Waals surface area (Å²) in [7, 11) is 0. The van der Waals surface area contributed by atoms with Gasteiger partial charge in [-0.2, -0.15) is 0 Å². The predicted octanol–water partition coefficient (Wildman–Crippen LogP) is 2.39. The maximum absolute atomic E-state index is 5.96. The van der Waals surface area contributed by atoms with Crippen LogP contribution in [0.1, 0.15) is 12.5 Å². The van der Waals surface area contributed by atoms with Crippen LogP contribution in [0.2, 0.25) is 0 Å². The molecule has 0 aliphatic carbocycles. The molecule has 2 aromatic carbocycles. The lowest BCUT2D eigenvalue weighted by Crippen LogP contribution is -2.49. The summed E-state index contributed by atoms with van der Waals surface area (Å²) in [6.07, 6.45) is 0.152. The summed E-state index contributed by atoms with van der Waals surface area (Å²) in [5.41, 5.74) is 7.34. The summed E-state index contributed by atoms with van der Waals surface area (Å²) >= 11 is 0. The van der Waals surface area contributed by atoms with E-state index >= 15 is 0 Å². The SMILES string of the molecule is CC(N)C1CN(Cc2cccc3ccccc23)CCO1. The van der Waals surface area contributed by atoms with Crippen molar-refractivity contribution in [1.82, 2.24) is 4.90 Å². The number of nitrogens with zero attached hydrogens (tertiary/aromatic N) is 1. The highest BCUT2D eigenvalue weighted by atomic mass is 16.5. The minimum atomic E-state index is 0.0883. The molecule has 1 fully saturated rings. The van der Waals surface area contributed by atoms with Crippen LogP contribution >= 0.6 is 0 Å². The Kier molecular flexibility index (Phi) is 4.01. The lowest BCUT2D eigenvalue weighted by Gasteiger charge is -2.34. The molecule has 1 heterocycles. The summed E-state index contributed by atoms with van der Waals surface area (Å²) < 4.78 is 5.73. The minimum absolute atomic E-state index is 0.0883. The highest BCUT2D eigenvalue weighted by molar-refractivity contribution is 5.85. The van der Waals surface area contributed by atoms with Gasteiger partial charge in [-0.05, 0) is 23.3 Å². The van der Waals surface area contributed by atoms with E-state index in [2.05, 4.69) is 47.4 Å². The first-order valence-corrected chi connectivity index (χ1v) is 7.30. The molecule has 3 heteroatoms. The normalized spacial score (nSPS) is 22.0. The first-order valence-electron chi connectivity index (χ1n) is 7.30. The van der Waals surface area contributed by atoms with Gasteiger partial charge in [-0.1, -0.05) is 42.5 Å². The maximum Gasteiger partial charge on any atom is 0.0850 e. The van der Waals surface area contributed by atoms with E-state index in [9.17, 15) is 0 Å². The third-order valence-corrected chi connectivity index (χ3v) is 4.04. The monoisotopic (exact) mass is 270 g/mol. The molecule has 20 heavy (non-hydrogen) atoms. The fraction of sp³-hybridized carbons (Fsp3) is 0.412. The standard InChI is InChI=1S/C17H22N2O/c1-13(18)17-12-19(9-10-20-17)11-15-7-4-6-14-5-2-3-8-16(14)15/h2-8,13,17H,9-12,18H2,1H3. The van der Waals surface area contributed by atoms with Crippen LogP contribution in [-0.4, -0.2) is 36.7 Å². The van der Waals surface area contributed by atoms with Crippen molar-refractivity contribution in [3.8, 4) is 0 Å². The van der Waals surface area contributed by atoms with E-state index in [4.69, 9.17) is 10.5 Å². The number of rotatable bonds is 3. The molecule has 0 saturated carbocycles. The molecule has 0 aromatic heterocycles. The van der Waals surface area contributed by atoms with Crippen molar-refractivity contribution in [3.63, 3.8) is 0 Å². The van der Waals surface area contributed by atoms with Crippen molar-refractivity contribution in [2.45, 2.75) is 25.6 Å². The van der Waals surface area contributed by atoms with Gasteiger partial charge in [0.2, 0.25) is 0 Å². The Hall–Kier alpha value is -1.42. The van der Waals surface area contributed by atoms with E-state index in [1.165, 1.54) is 16.3 Å². The molecular weight excluding hydrogens is 248 g/mol. The van der Waals surface area contributed by atoms with Crippen molar-refractivity contribution in [3.05, 3.63) is 48.0 Å². The van der Waals surface area contributed by atoms with E-state index in [0.29, 0.717) is 0 Å². The number of hydrogen-bond donors (Lipinski definition) is 1. The van der Waals surface area contributed by atoms with Gasteiger partial charge in [0.1, 0.15) is 0 Å². The molecule has 2 N–H and O–H groups in total. The second kappa shape index (κ2) is 5.92. The second-order valence-corrected chi connectivity index (χ2v) is 5.64. The van der Waals surface area contributed by atoms with Gasteiger partial charge in [-0.3, -0.25) is 4.90 Å². The average molecular weight is 270 g/mol. The number of fused-ring (bicyclic) bond motifs is 1. The average Bonchev–Trinajstić information content (AvgIpc) is 2.48. The third-order valence-electron chi connectivity index (χ3n) is 4.04. The Bertz CT molecular complexity index is 577. The lowest BCUT2D eigenvalue weighted by atomic mass is 10.0. The molecule has 1 saturated heterocycles. The molecule has 0 bridgehead atoms. The van der Waals surface area contributed by atoms with Gasteiger partial charge >= 0.3 is 0 Å². The Morgan fingerprint density at radius 1 is 1.25 bits per heavy atom. The van der Waals surface area contributed by atoms with E-state index in [-0.39, 0.29) is 12.1 Å². The molecule has 3 nitrogen and oxygen atoms in total. The first kappa shape index (κ1) is 13.6. The van der Waals surface area contributed by atoms with Crippen LogP contribution in [0, 0.1) is 0 Å². The van der Waals surface area contributed by atoms with Crippen LogP contribution in [0.15, 0.2) is 42.5 Å². The summed E-state index contributed by atoms with van der Waals surface area (Å²) in [5, 5.41) is 2.65. The zero-order chi connectivity index (χ0) is 13.9. The predicted molar refractivity (Wildman–Crippen MR) is 82.6 cm³/mol. The van der Waals surface area contributed by atoms with E-state index < -0.39 is 0 Å². The van der Waals surface area contributed by atoms with Gasteiger partial charge in [-0.15, -0.1) is 0 Å². The molecule has 0 radical (unpaired) electrons. The smallest absolute Gasteiger partial charge is 0.0850 e. The van der Waals surface area contributed by atoms with Gasteiger partial charge in [0.15, 0.2) is 0 Å². The van der Waals surface area contributed by atoms with Gasteiger partial charge in [0.25, 0.3) is 0 Å². The quantitative estimate of drug-likeness (QED) is 0.930. The van der Waals surface area contributed by atoms with Crippen LogP contribution in [0.4, 0.5) is 0 Å². The number of nitrogens with two attached hydrogens (primary N) is 1. The topological polar surface area (TPSA) is 38.5 Å². The lowest BCUT2D eigenvalue weighted by molar-refractivity contribution is -0.0402. The molecule has 0 spiro atoms. The van der Waals surface area contributed by atoms with Crippen molar-refractivity contribution >= 4 is 10.8 Å². The molecule has 3 rings (SSSR count). The highest BCUT2D eigenvalue weighted by Gasteiger charge is 2.23. The molecule has 0 amide bonds. The van der Waals surface area contributed by atoms with E-state index in [0.717, 1.165) is 26.2 Å². The van der Waals surface area contributed by atoms with Crippen LogP contribution in [0.25, 0.3) is 10.8 Å². The van der Waals surface area contributed by atoms with Crippen molar-refractivity contribution in [1.29, 1.82) is 0 Å². The Labute approximate surface area is 120 Å². The zero-order valence-electron chi connectivity index (χ0n) is 12.0. The highest BCUT2D eigenvalue weighted by Crippen LogP contribution is 2.21. The number of morpholine rings is 1.